The largest absolute Gasteiger partial charge is 0.493 e. The Bertz CT molecular complexity index is 498. The van der Waals surface area contributed by atoms with E-state index in [0.717, 1.165) is 12.2 Å². The Morgan fingerprint density at radius 1 is 1.39 bits per heavy atom. The van der Waals surface area contributed by atoms with Gasteiger partial charge >= 0.3 is 0 Å². The van der Waals surface area contributed by atoms with E-state index in [-0.39, 0.29) is 6.61 Å². The molecule has 0 fully saturated rings. The van der Waals surface area contributed by atoms with Crippen molar-refractivity contribution in [2.24, 2.45) is 0 Å². The monoisotopic (exact) mass is 248 g/mol. The molecule has 0 saturated carbocycles. The van der Waals surface area contributed by atoms with Gasteiger partial charge in [-0.15, -0.1) is 5.10 Å². The molecule has 0 spiro atoms. The minimum atomic E-state index is -0.0835. The zero-order valence-corrected chi connectivity index (χ0v) is 9.99. The first kappa shape index (κ1) is 12.4. The lowest BCUT2D eigenvalue weighted by Gasteiger charge is -2.06. The fourth-order valence-electron chi connectivity index (χ4n) is 1.54. The predicted molar refractivity (Wildman–Crippen MR) is 66.9 cm³/mol. The zero-order chi connectivity index (χ0) is 12.8. The smallest absolute Gasteiger partial charge is 0.121 e. The minimum Gasteiger partial charge on any atom is -0.493 e. The lowest BCUT2D eigenvalue weighted by molar-refractivity contribution is 0.276. The molecular weight excluding hydrogens is 232 g/mol. The fourth-order valence-corrected chi connectivity index (χ4v) is 1.54. The van der Waals surface area contributed by atoms with Gasteiger partial charge in [0.2, 0.25) is 0 Å². The van der Waals surface area contributed by atoms with Gasteiger partial charge in [-0.1, -0.05) is 11.3 Å². The van der Waals surface area contributed by atoms with Crippen molar-refractivity contribution in [1.82, 2.24) is 15.0 Å². The van der Waals surface area contributed by atoms with Crippen molar-refractivity contribution in [3.8, 4) is 5.75 Å². The summed E-state index contributed by atoms with van der Waals surface area (Å²) in [5.74, 6) is 0.768. The van der Waals surface area contributed by atoms with Gasteiger partial charge in [0.05, 0.1) is 19.4 Å². The molecular formula is C12H16N4O2. The van der Waals surface area contributed by atoms with Crippen LogP contribution in [0.4, 0.5) is 5.69 Å². The number of aromatic nitrogens is 3. The van der Waals surface area contributed by atoms with Crippen molar-refractivity contribution in [2.75, 3.05) is 12.3 Å². The highest BCUT2D eigenvalue weighted by Gasteiger charge is 1.99. The number of aryl methyl sites for hydroxylation is 1. The highest BCUT2D eigenvalue weighted by molar-refractivity contribution is 5.43. The standard InChI is InChI=1S/C12H16N4O2/c13-10-3-1-4-12(7-10)18-6-2-5-16-8-11(9-17)14-15-16/h1,3-4,7-8,17H,2,5-6,9,13H2. The molecule has 0 aliphatic rings. The molecule has 96 valence electrons. The van der Waals surface area contributed by atoms with Gasteiger partial charge in [0.25, 0.3) is 0 Å². The molecule has 2 aromatic rings. The molecule has 0 aliphatic carbocycles. The number of anilines is 1. The van der Waals surface area contributed by atoms with Crippen LogP contribution in [-0.4, -0.2) is 26.7 Å². The lowest BCUT2D eigenvalue weighted by atomic mass is 10.3. The number of rotatable bonds is 6. The van der Waals surface area contributed by atoms with Crippen LogP contribution < -0.4 is 10.5 Å². The van der Waals surface area contributed by atoms with Crippen LogP contribution in [0.2, 0.25) is 0 Å². The quantitative estimate of drug-likeness (QED) is 0.584. The van der Waals surface area contributed by atoms with Gasteiger partial charge < -0.3 is 15.6 Å². The molecule has 0 aliphatic heterocycles. The Balaban J connectivity index is 1.72. The van der Waals surface area contributed by atoms with Crippen LogP contribution in [0.5, 0.6) is 5.75 Å². The highest BCUT2D eigenvalue weighted by Crippen LogP contribution is 2.14. The first-order chi connectivity index (χ1) is 8.78. The molecule has 0 amide bonds. The molecule has 0 bridgehead atoms. The molecule has 0 radical (unpaired) electrons. The van der Waals surface area contributed by atoms with Gasteiger partial charge in [-0.25, -0.2) is 0 Å². The Morgan fingerprint density at radius 2 is 2.28 bits per heavy atom. The molecule has 0 saturated heterocycles. The molecule has 1 heterocycles. The van der Waals surface area contributed by atoms with Crippen molar-refractivity contribution in [1.29, 1.82) is 0 Å². The van der Waals surface area contributed by atoms with Gasteiger partial charge in [-0.2, -0.15) is 0 Å². The van der Waals surface area contributed by atoms with Crippen LogP contribution in [0.3, 0.4) is 0 Å². The normalized spacial score (nSPS) is 10.5. The number of aliphatic hydroxyl groups excluding tert-OH is 1. The van der Waals surface area contributed by atoms with Gasteiger partial charge in [0.15, 0.2) is 0 Å². The molecule has 3 N–H and O–H groups in total. The van der Waals surface area contributed by atoms with Crippen molar-refractivity contribution in [3.63, 3.8) is 0 Å². The molecule has 6 heteroatoms. The van der Waals surface area contributed by atoms with Crippen LogP contribution in [0.25, 0.3) is 0 Å². The third-order valence-corrected chi connectivity index (χ3v) is 2.41. The Morgan fingerprint density at radius 3 is 3.00 bits per heavy atom. The van der Waals surface area contributed by atoms with Gasteiger partial charge in [-0.05, 0) is 12.1 Å². The highest BCUT2D eigenvalue weighted by atomic mass is 16.5. The number of ether oxygens (including phenoxy) is 1. The van der Waals surface area contributed by atoms with E-state index in [1.165, 1.54) is 0 Å². The van der Waals surface area contributed by atoms with Crippen molar-refractivity contribution in [3.05, 3.63) is 36.2 Å². The van der Waals surface area contributed by atoms with Crippen LogP contribution >= 0.6 is 0 Å². The maximum Gasteiger partial charge on any atom is 0.121 e. The molecule has 1 aromatic heterocycles. The summed E-state index contributed by atoms with van der Waals surface area (Å²) in [7, 11) is 0. The summed E-state index contributed by atoms with van der Waals surface area (Å²) in [4.78, 5) is 0. The number of aliphatic hydroxyl groups is 1. The van der Waals surface area contributed by atoms with Crippen LogP contribution in [-0.2, 0) is 13.2 Å². The SMILES string of the molecule is Nc1cccc(OCCCn2cc(CO)nn2)c1. The van der Waals surface area contributed by atoms with E-state index in [1.807, 2.05) is 18.2 Å². The van der Waals surface area contributed by atoms with Gasteiger partial charge in [-0.3, -0.25) is 4.68 Å². The zero-order valence-electron chi connectivity index (χ0n) is 9.99. The van der Waals surface area contributed by atoms with E-state index >= 15 is 0 Å². The van der Waals surface area contributed by atoms with E-state index in [2.05, 4.69) is 10.3 Å². The Kier molecular flexibility index (Phi) is 4.14. The molecule has 0 atom stereocenters. The van der Waals surface area contributed by atoms with Crippen LogP contribution in [0.15, 0.2) is 30.5 Å². The molecule has 0 unspecified atom stereocenters. The molecule has 6 nitrogen and oxygen atoms in total. The maximum absolute atomic E-state index is 8.84. The maximum atomic E-state index is 8.84. The van der Waals surface area contributed by atoms with Crippen molar-refractivity contribution in [2.45, 2.75) is 19.6 Å². The van der Waals surface area contributed by atoms with E-state index in [0.29, 0.717) is 24.5 Å². The summed E-state index contributed by atoms with van der Waals surface area (Å²) in [5.41, 5.74) is 6.91. The predicted octanol–water partition coefficient (Wildman–Crippen LogP) is 0.822. The Hall–Kier alpha value is -2.08. The number of hydrogen-bond acceptors (Lipinski definition) is 5. The number of nitrogen functional groups attached to an aromatic ring is 1. The summed E-state index contributed by atoms with van der Waals surface area (Å²) in [6.07, 6.45) is 2.53. The first-order valence-electron chi connectivity index (χ1n) is 5.76. The molecule has 2 rings (SSSR count). The average Bonchev–Trinajstić information content (AvgIpc) is 2.83. The van der Waals surface area contributed by atoms with Crippen molar-refractivity contribution < 1.29 is 9.84 Å². The topological polar surface area (TPSA) is 86.2 Å². The van der Waals surface area contributed by atoms with Gasteiger partial charge in [0.1, 0.15) is 11.4 Å². The molecule has 1 aromatic carbocycles. The third kappa shape index (κ3) is 3.46. The molecule has 18 heavy (non-hydrogen) atoms. The number of nitrogens with two attached hydrogens (primary N) is 1. The van der Waals surface area contributed by atoms with E-state index in [4.69, 9.17) is 15.6 Å². The lowest BCUT2D eigenvalue weighted by Crippen LogP contribution is -2.05. The second kappa shape index (κ2) is 6.02. The summed E-state index contributed by atoms with van der Waals surface area (Å²) in [5, 5.41) is 16.5. The van der Waals surface area contributed by atoms with E-state index in [9.17, 15) is 0 Å². The Labute approximate surface area is 105 Å². The second-order valence-electron chi connectivity index (χ2n) is 3.91. The summed E-state index contributed by atoms with van der Waals surface area (Å²) in [6.45, 7) is 1.20. The second-order valence-corrected chi connectivity index (χ2v) is 3.91. The number of benzene rings is 1. The fraction of sp³-hybridized carbons (Fsp3) is 0.333. The van der Waals surface area contributed by atoms with Crippen molar-refractivity contribution >= 4 is 5.69 Å². The minimum absolute atomic E-state index is 0.0835. The van der Waals surface area contributed by atoms with Crippen LogP contribution in [0.1, 0.15) is 12.1 Å². The summed E-state index contributed by atoms with van der Waals surface area (Å²) < 4.78 is 7.24. The summed E-state index contributed by atoms with van der Waals surface area (Å²) >= 11 is 0. The van der Waals surface area contributed by atoms with Gasteiger partial charge in [0, 0.05) is 24.7 Å². The number of nitrogens with zero attached hydrogens (tertiary/aromatic N) is 3. The van der Waals surface area contributed by atoms with E-state index < -0.39 is 0 Å². The van der Waals surface area contributed by atoms with Crippen LogP contribution in [0, 0.1) is 0 Å². The first-order valence-corrected chi connectivity index (χ1v) is 5.76. The van der Waals surface area contributed by atoms with E-state index in [1.54, 1.807) is 16.9 Å². The number of hydrogen-bond donors (Lipinski definition) is 2. The third-order valence-electron chi connectivity index (χ3n) is 2.41. The summed E-state index contributed by atoms with van der Waals surface area (Å²) in [6, 6.07) is 7.34. The average molecular weight is 248 g/mol.